The summed E-state index contributed by atoms with van der Waals surface area (Å²) in [6, 6.07) is 14.9. The predicted molar refractivity (Wildman–Crippen MR) is 162 cm³/mol. The van der Waals surface area contributed by atoms with Crippen LogP contribution in [0.3, 0.4) is 0 Å². The largest absolute Gasteiger partial charge is 0.464 e. The Kier molecular flexibility index (Phi) is 14.6. The van der Waals surface area contributed by atoms with Crippen LogP contribution in [-0.2, 0) is 33.2 Å². The second-order valence-electron chi connectivity index (χ2n) is 10.3. The molecule has 0 aromatic heterocycles. The van der Waals surface area contributed by atoms with Gasteiger partial charge in [-0.15, -0.1) is 0 Å². The Morgan fingerprint density at radius 3 is 1.93 bits per heavy atom. The van der Waals surface area contributed by atoms with Gasteiger partial charge in [0.15, 0.2) is 0 Å². The van der Waals surface area contributed by atoms with E-state index < -0.39 is 53.7 Å². The molecule has 0 bridgehead atoms. The number of carbonyl (C=O) groups excluding carboxylic acids is 5. The molecule has 1 saturated heterocycles. The van der Waals surface area contributed by atoms with Crippen molar-refractivity contribution in [2.45, 2.75) is 37.5 Å². The fourth-order valence-electron chi connectivity index (χ4n) is 4.08. The molecular formula is C31H38N2O11S. The number of carbonyl (C=O) groups is 5. The van der Waals surface area contributed by atoms with Crippen LogP contribution in [0.4, 0.5) is 9.59 Å². The number of hydrogen-bond donors (Lipinski definition) is 1. The summed E-state index contributed by atoms with van der Waals surface area (Å²) in [5, 5.41) is 1.54. The van der Waals surface area contributed by atoms with Crippen molar-refractivity contribution in [2.75, 3.05) is 53.0 Å². The maximum Gasteiger partial charge on any atom is 0.410 e. The van der Waals surface area contributed by atoms with E-state index in [-0.39, 0.29) is 17.7 Å². The van der Waals surface area contributed by atoms with E-state index >= 15 is 0 Å². The molecule has 0 radical (unpaired) electrons. The third-order valence-electron chi connectivity index (χ3n) is 6.52. The molecule has 1 aliphatic heterocycles. The molecule has 2 aromatic carbocycles. The summed E-state index contributed by atoms with van der Waals surface area (Å²) >= 11 is 0.589. The highest BCUT2D eigenvalue weighted by atomic mass is 32.2. The number of rotatable bonds is 15. The van der Waals surface area contributed by atoms with Crippen LogP contribution in [0.5, 0.6) is 0 Å². The minimum Gasteiger partial charge on any atom is -0.464 e. The first-order valence-corrected chi connectivity index (χ1v) is 15.2. The summed E-state index contributed by atoms with van der Waals surface area (Å²) in [5.41, 5.74) is 0.550. The van der Waals surface area contributed by atoms with E-state index in [9.17, 15) is 24.0 Å². The topological polar surface area (TPSA) is 156 Å². The van der Waals surface area contributed by atoms with Crippen molar-refractivity contribution in [3.05, 3.63) is 71.8 Å². The van der Waals surface area contributed by atoms with Crippen LogP contribution in [0.2, 0.25) is 0 Å². The highest BCUT2D eigenvalue weighted by Gasteiger charge is 2.41. The minimum atomic E-state index is -1.38. The lowest BCUT2D eigenvalue weighted by Gasteiger charge is -2.31. The normalized spacial score (nSPS) is 14.0. The maximum absolute atomic E-state index is 13.2. The van der Waals surface area contributed by atoms with Gasteiger partial charge in [0.2, 0.25) is 13.6 Å². The van der Waals surface area contributed by atoms with Gasteiger partial charge in [0.05, 0.1) is 35.7 Å². The van der Waals surface area contributed by atoms with E-state index in [0.717, 1.165) is 26.1 Å². The summed E-state index contributed by atoms with van der Waals surface area (Å²) in [6.45, 7) is 5.67. The lowest BCUT2D eigenvalue weighted by molar-refractivity contribution is -0.147. The number of ether oxygens (including phenoxy) is 6. The van der Waals surface area contributed by atoms with E-state index in [1.165, 1.54) is 26.0 Å². The van der Waals surface area contributed by atoms with E-state index in [0.29, 0.717) is 31.4 Å². The van der Waals surface area contributed by atoms with E-state index in [2.05, 4.69) is 10.2 Å². The van der Waals surface area contributed by atoms with E-state index in [4.69, 9.17) is 28.4 Å². The molecule has 1 atom stereocenters. The summed E-state index contributed by atoms with van der Waals surface area (Å²) in [6.07, 6.45) is 0.286. The fourth-order valence-corrected chi connectivity index (χ4v) is 4.89. The number of morpholine rings is 1. The molecule has 2 aromatic rings. The molecule has 45 heavy (non-hydrogen) atoms. The Morgan fingerprint density at radius 1 is 0.800 bits per heavy atom. The van der Waals surface area contributed by atoms with Crippen LogP contribution in [0.15, 0.2) is 60.7 Å². The zero-order chi connectivity index (χ0) is 32.5. The molecule has 1 N–H and O–H groups in total. The Hall–Kier alpha value is -4.14. The number of nitrogens with zero attached hydrogens (tertiary/aromatic N) is 1. The number of alkyl carbamates (subject to hydrolysis) is 1. The van der Waals surface area contributed by atoms with Gasteiger partial charge in [0, 0.05) is 13.1 Å². The van der Waals surface area contributed by atoms with Crippen LogP contribution in [0, 0.1) is 0 Å². The standard InChI is InChI=1S/C31H38N2O11S/c1-31(2,45-30(38)44-22-42-27(35)24-13-7-4-8-14-24)25(28(36)40-18-10-9-15-33-16-19-39-20-17-33)32-29(37)43-21-41-26(34)23-11-5-3-6-12-23/h3-8,11-14,25H,9-10,15-22H2,1-2H3,(H,32,37)/t25-/m0/s1. The molecule has 3 rings (SSSR count). The van der Waals surface area contributed by atoms with Crippen molar-refractivity contribution in [3.63, 3.8) is 0 Å². The van der Waals surface area contributed by atoms with E-state index in [1.807, 2.05) is 0 Å². The average Bonchev–Trinajstić information content (AvgIpc) is 3.04. The van der Waals surface area contributed by atoms with Gasteiger partial charge in [0.25, 0.3) is 0 Å². The minimum absolute atomic E-state index is 0.0890. The molecule has 1 fully saturated rings. The van der Waals surface area contributed by atoms with Gasteiger partial charge in [-0.25, -0.2) is 24.0 Å². The molecule has 0 saturated carbocycles. The Balaban J connectivity index is 1.52. The Labute approximate surface area is 265 Å². The molecule has 13 nitrogen and oxygen atoms in total. The highest BCUT2D eigenvalue weighted by Crippen LogP contribution is 2.31. The second-order valence-corrected chi connectivity index (χ2v) is 11.9. The summed E-state index contributed by atoms with van der Waals surface area (Å²) in [7, 11) is 0. The quantitative estimate of drug-likeness (QED) is 0.128. The van der Waals surface area contributed by atoms with Crippen molar-refractivity contribution in [3.8, 4) is 0 Å². The van der Waals surface area contributed by atoms with Crippen LogP contribution < -0.4 is 5.32 Å². The van der Waals surface area contributed by atoms with Gasteiger partial charge in [-0.05, 0) is 69.3 Å². The fraction of sp³-hybridized carbons (Fsp3) is 0.452. The van der Waals surface area contributed by atoms with Crippen molar-refractivity contribution in [1.82, 2.24) is 10.2 Å². The highest BCUT2D eigenvalue weighted by molar-refractivity contribution is 8.14. The summed E-state index contributed by atoms with van der Waals surface area (Å²) in [4.78, 5) is 64.8. The molecule has 1 amide bonds. The van der Waals surface area contributed by atoms with Crippen molar-refractivity contribution >= 4 is 41.1 Å². The lowest BCUT2D eigenvalue weighted by atomic mass is 10.0. The monoisotopic (exact) mass is 646 g/mol. The van der Waals surface area contributed by atoms with Gasteiger partial charge >= 0.3 is 29.3 Å². The average molecular weight is 647 g/mol. The van der Waals surface area contributed by atoms with Crippen molar-refractivity contribution in [2.24, 2.45) is 0 Å². The SMILES string of the molecule is CC(C)(SC(=O)OCOC(=O)c1ccccc1)[C@@H](NC(=O)OCOC(=O)c1ccccc1)C(=O)OCCCCN1CCOCC1. The number of esters is 3. The van der Waals surface area contributed by atoms with Gasteiger partial charge in [0.1, 0.15) is 6.04 Å². The first-order chi connectivity index (χ1) is 21.7. The molecule has 1 heterocycles. The summed E-state index contributed by atoms with van der Waals surface area (Å²) < 4.78 is 29.4. The zero-order valence-corrected chi connectivity index (χ0v) is 26.1. The van der Waals surface area contributed by atoms with Crippen LogP contribution >= 0.6 is 11.8 Å². The zero-order valence-electron chi connectivity index (χ0n) is 25.3. The first-order valence-electron chi connectivity index (χ1n) is 14.4. The maximum atomic E-state index is 13.2. The number of hydrogen-bond acceptors (Lipinski definition) is 13. The predicted octanol–water partition coefficient (Wildman–Crippen LogP) is 4.01. The lowest BCUT2D eigenvalue weighted by Crippen LogP contribution is -2.54. The Bertz CT molecular complexity index is 1250. The van der Waals surface area contributed by atoms with Crippen LogP contribution in [0.25, 0.3) is 0 Å². The van der Waals surface area contributed by atoms with Gasteiger partial charge in [-0.3, -0.25) is 4.90 Å². The molecule has 0 unspecified atom stereocenters. The number of benzene rings is 2. The van der Waals surface area contributed by atoms with Crippen LogP contribution in [-0.4, -0.2) is 98.0 Å². The number of nitrogens with one attached hydrogen (secondary N) is 1. The number of unbranched alkanes of at least 4 members (excludes halogenated alkanes) is 1. The molecule has 14 heteroatoms. The molecular weight excluding hydrogens is 608 g/mol. The van der Waals surface area contributed by atoms with Crippen molar-refractivity contribution < 1.29 is 52.4 Å². The second kappa shape index (κ2) is 18.6. The molecule has 0 spiro atoms. The van der Waals surface area contributed by atoms with Crippen molar-refractivity contribution in [1.29, 1.82) is 0 Å². The van der Waals surface area contributed by atoms with Gasteiger partial charge < -0.3 is 33.7 Å². The number of amides is 1. The van der Waals surface area contributed by atoms with Gasteiger partial charge in [-0.2, -0.15) is 0 Å². The van der Waals surface area contributed by atoms with Crippen LogP contribution in [0.1, 0.15) is 47.4 Å². The molecule has 1 aliphatic rings. The Morgan fingerprint density at radius 2 is 1.36 bits per heavy atom. The third-order valence-corrected chi connectivity index (χ3v) is 7.57. The third kappa shape index (κ3) is 12.8. The molecule has 0 aliphatic carbocycles. The first kappa shape index (κ1) is 35.3. The smallest absolute Gasteiger partial charge is 0.410 e. The number of thioether (sulfide) groups is 1. The molecule has 244 valence electrons. The van der Waals surface area contributed by atoms with Gasteiger partial charge in [-0.1, -0.05) is 36.4 Å². The van der Waals surface area contributed by atoms with E-state index in [1.54, 1.807) is 48.5 Å². The summed E-state index contributed by atoms with van der Waals surface area (Å²) in [5.74, 6) is -2.19.